The molecule has 2 heterocycles. The minimum absolute atomic E-state index is 0.0582. The molecule has 148 valence electrons. The van der Waals surface area contributed by atoms with Crippen LogP contribution in [0.2, 0.25) is 0 Å². The zero-order valence-corrected chi connectivity index (χ0v) is 15.6. The van der Waals surface area contributed by atoms with Crippen LogP contribution in [0.4, 0.5) is 13.2 Å². The van der Waals surface area contributed by atoms with Gasteiger partial charge in [0.05, 0.1) is 17.8 Å². The number of aromatic nitrogens is 5. The van der Waals surface area contributed by atoms with Crippen molar-refractivity contribution in [2.24, 2.45) is 7.05 Å². The second kappa shape index (κ2) is 7.54. The number of alkyl halides is 3. The average Bonchev–Trinajstić information content (AvgIpc) is 3.19. The van der Waals surface area contributed by atoms with E-state index in [0.717, 1.165) is 32.9 Å². The van der Waals surface area contributed by atoms with Gasteiger partial charge < -0.3 is 5.32 Å². The summed E-state index contributed by atoms with van der Waals surface area (Å²) in [6, 6.07) is 4.59. The number of aryl methyl sites for hydroxylation is 1. The Morgan fingerprint density at radius 3 is 2.71 bits per heavy atom. The van der Waals surface area contributed by atoms with Gasteiger partial charge in [0.2, 0.25) is 0 Å². The first-order valence-electron chi connectivity index (χ1n) is 8.07. The van der Waals surface area contributed by atoms with Crippen LogP contribution >= 0.6 is 11.5 Å². The van der Waals surface area contributed by atoms with Crippen molar-refractivity contribution in [1.29, 1.82) is 0 Å². The summed E-state index contributed by atoms with van der Waals surface area (Å²) in [4.78, 5) is 24.7. The number of nitrogens with zero attached hydrogens (tertiary/aromatic N) is 5. The van der Waals surface area contributed by atoms with Gasteiger partial charge in [-0.25, -0.2) is 9.48 Å². The molecule has 0 radical (unpaired) electrons. The van der Waals surface area contributed by atoms with Gasteiger partial charge in [-0.3, -0.25) is 9.36 Å². The number of nitrogens with one attached hydrogen (secondary N) is 1. The van der Waals surface area contributed by atoms with E-state index < -0.39 is 17.4 Å². The average molecular weight is 412 g/mol. The molecule has 0 fully saturated rings. The highest BCUT2D eigenvalue weighted by Crippen LogP contribution is 2.31. The summed E-state index contributed by atoms with van der Waals surface area (Å²) in [5, 5.41) is 10.5. The Morgan fingerprint density at radius 1 is 1.32 bits per heavy atom. The Hall–Kier alpha value is -3.02. The molecule has 0 saturated heterocycles. The maximum Gasteiger partial charge on any atom is 0.416 e. The lowest BCUT2D eigenvalue weighted by Crippen LogP contribution is -2.31. The van der Waals surface area contributed by atoms with Crippen molar-refractivity contribution in [1.82, 2.24) is 29.3 Å². The molecule has 3 rings (SSSR count). The molecule has 2 aromatic heterocycles. The summed E-state index contributed by atoms with van der Waals surface area (Å²) in [7, 11) is 1.42. The van der Waals surface area contributed by atoms with E-state index in [9.17, 15) is 22.8 Å². The molecule has 0 aliphatic rings. The maximum atomic E-state index is 12.9. The van der Waals surface area contributed by atoms with Crippen molar-refractivity contribution >= 4 is 17.4 Å². The molecule has 0 unspecified atom stereocenters. The highest BCUT2D eigenvalue weighted by atomic mass is 32.1. The van der Waals surface area contributed by atoms with E-state index in [2.05, 4.69) is 20.0 Å². The van der Waals surface area contributed by atoms with Crippen LogP contribution in [0, 0.1) is 6.92 Å². The molecule has 0 aliphatic carbocycles. The van der Waals surface area contributed by atoms with Gasteiger partial charge in [-0.1, -0.05) is 16.6 Å². The minimum Gasteiger partial charge on any atom is -0.349 e. The molecule has 12 heteroatoms. The fourth-order valence-electron chi connectivity index (χ4n) is 2.51. The zero-order chi connectivity index (χ0) is 20.5. The van der Waals surface area contributed by atoms with Gasteiger partial charge in [0.15, 0.2) is 5.82 Å². The highest BCUT2D eigenvalue weighted by molar-refractivity contribution is 7.07. The number of halogens is 3. The Kier molecular flexibility index (Phi) is 5.31. The quantitative estimate of drug-likeness (QED) is 0.690. The van der Waals surface area contributed by atoms with Crippen molar-refractivity contribution in [3.8, 4) is 11.4 Å². The van der Waals surface area contributed by atoms with Crippen LogP contribution < -0.4 is 11.0 Å². The Bertz CT molecular complexity index is 1070. The molecule has 1 N–H and O–H groups in total. The smallest absolute Gasteiger partial charge is 0.349 e. The maximum absolute atomic E-state index is 12.9. The van der Waals surface area contributed by atoms with Crippen LogP contribution in [0.1, 0.15) is 20.9 Å². The van der Waals surface area contributed by atoms with Crippen LogP contribution in [0.15, 0.2) is 29.1 Å². The topological polar surface area (TPSA) is 94.7 Å². The van der Waals surface area contributed by atoms with Crippen molar-refractivity contribution in [3.05, 3.63) is 50.9 Å². The summed E-state index contributed by atoms with van der Waals surface area (Å²) < 4.78 is 44.7. The number of hydrogen-bond donors (Lipinski definition) is 1. The molecule has 1 amide bonds. The number of carbonyl (C=O) groups excluding carboxylic acids is 1. The Morgan fingerprint density at radius 2 is 2.07 bits per heavy atom. The summed E-state index contributed by atoms with van der Waals surface area (Å²) >= 11 is 0.961. The van der Waals surface area contributed by atoms with Crippen molar-refractivity contribution < 1.29 is 18.0 Å². The molecular formula is C16H15F3N6O2S. The number of hydrogen-bond acceptors (Lipinski definition) is 6. The third-order valence-corrected chi connectivity index (χ3v) is 4.78. The largest absolute Gasteiger partial charge is 0.416 e. The normalized spacial score (nSPS) is 11.6. The van der Waals surface area contributed by atoms with E-state index >= 15 is 0 Å². The number of carbonyl (C=O) groups is 1. The minimum atomic E-state index is -4.49. The second-order valence-electron chi connectivity index (χ2n) is 5.91. The van der Waals surface area contributed by atoms with Crippen LogP contribution in [0.3, 0.4) is 0 Å². The van der Waals surface area contributed by atoms with Gasteiger partial charge >= 0.3 is 11.9 Å². The number of amides is 1. The first-order chi connectivity index (χ1) is 13.2. The van der Waals surface area contributed by atoms with E-state index in [1.54, 1.807) is 6.92 Å². The van der Waals surface area contributed by atoms with Crippen molar-refractivity contribution in [3.63, 3.8) is 0 Å². The molecule has 0 bridgehead atoms. The van der Waals surface area contributed by atoms with E-state index in [-0.39, 0.29) is 30.4 Å². The summed E-state index contributed by atoms with van der Waals surface area (Å²) in [5.74, 6) is -0.264. The molecule has 0 spiro atoms. The van der Waals surface area contributed by atoms with Gasteiger partial charge in [0.25, 0.3) is 5.91 Å². The third kappa shape index (κ3) is 3.96. The molecular weight excluding hydrogens is 397 g/mol. The van der Waals surface area contributed by atoms with Crippen LogP contribution in [-0.4, -0.2) is 36.4 Å². The monoisotopic (exact) mass is 412 g/mol. The van der Waals surface area contributed by atoms with Gasteiger partial charge in [0, 0.05) is 19.2 Å². The Balaban J connectivity index is 1.76. The predicted molar refractivity (Wildman–Crippen MR) is 94.9 cm³/mol. The molecule has 8 nitrogen and oxygen atoms in total. The molecule has 0 saturated carbocycles. The molecule has 28 heavy (non-hydrogen) atoms. The molecule has 0 aliphatic heterocycles. The molecule has 0 atom stereocenters. The Labute approximate surface area is 160 Å². The van der Waals surface area contributed by atoms with Crippen molar-refractivity contribution in [2.75, 3.05) is 6.54 Å². The molecule has 1 aromatic carbocycles. The molecule has 3 aromatic rings. The number of benzene rings is 1. The lowest BCUT2D eigenvalue weighted by Gasteiger charge is -2.08. The number of rotatable bonds is 5. The van der Waals surface area contributed by atoms with Crippen LogP contribution in [0.25, 0.3) is 11.4 Å². The highest BCUT2D eigenvalue weighted by Gasteiger charge is 2.31. The standard InChI is InChI=1S/C16H15F3N6O2S/c1-9-12(28-23-21-9)14(26)20-6-7-25-15(27)24(2)13(22-25)10-4-3-5-11(8-10)16(17,18)19/h3-5,8H,6-7H2,1-2H3,(H,20,26). The van der Waals surface area contributed by atoms with Crippen LogP contribution in [-0.2, 0) is 19.8 Å². The second-order valence-corrected chi connectivity index (χ2v) is 6.66. The van der Waals surface area contributed by atoms with Crippen molar-refractivity contribution in [2.45, 2.75) is 19.6 Å². The lowest BCUT2D eigenvalue weighted by atomic mass is 10.1. The van der Waals surface area contributed by atoms with Gasteiger partial charge in [0.1, 0.15) is 4.88 Å². The fraction of sp³-hybridized carbons (Fsp3) is 0.312. The van der Waals surface area contributed by atoms with E-state index in [1.807, 2.05) is 0 Å². The summed E-state index contributed by atoms with van der Waals surface area (Å²) in [6.45, 7) is 1.82. The lowest BCUT2D eigenvalue weighted by molar-refractivity contribution is -0.137. The first-order valence-corrected chi connectivity index (χ1v) is 8.84. The van der Waals surface area contributed by atoms with Gasteiger partial charge in [-0.2, -0.15) is 13.2 Å². The first kappa shape index (κ1) is 19.7. The zero-order valence-electron chi connectivity index (χ0n) is 14.8. The summed E-state index contributed by atoms with van der Waals surface area (Å²) in [6.07, 6.45) is -4.49. The van der Waals surface area contributed by atoms with Gasteiger partial charge in [-0.15, -0.1) is 10.2 Å². The van der Waals surface area contributed by atoms with E-state index in [4.69, 9.17) is 0 Å². The SMILES string of the molecule is Cc1nnsc1C(=O)NCCn1nc(-c2cccc(C(F)(F)F)c2)n(C)c1=O. The van der Waals surface area contributed by atoms with Gasteiger partial charge in [-0.05, 0) is 30.6 Å². The third-order valence-electron chi connectivity index (χ3n) is 3.96. The predicted octanol–water partition coefficient (Wildman–Crippen LogP) is 1.86. The van der Waals surface area contributed by atoms with E-state index in [1.165, 1.54) is 19.2 Å². The van der Waals surface area contributed by atoms with Crippen LogP contribution in [0.5, 0.6) is 0 Å². The fourth-order valence-corrected chi connectivity index (χ4v) is 3.09. The van der Waals surface area contributed by atoms with E-state index in [0.29, 0.717) is 10.6 Å². The summed E-state index contributed by atoms with van der Waals surface area (Å²) in [5.41, 5.74) is -0.655.